The topological polar surface area (TPSA) is 83.6 Å². The van der Waals surface area contributed by atoms with Gasteiger partial charge in [0.1, 0.15) is 21.4 Å². The largest absolute Gasteiger partial charge is 0.340 e. The van der Waals surface area contributed by atoms with Crippen LogP contribution >= 0.6 is 0 Å². The third-order valence-corrected chi connectivity index (χ3v) is 5.25. The van der Waals surface area contributed by atoms with Gasteiger partial charge < -0.3 is 10.2 Å². The molecule has 1 aliphatic rings. The second-order valence-corrected chi connectivity index (χ2v) is 7.94. The van der Waals surface area contributed by atoms with E-state index >= 15 is 0 Å². The van der Waals surface area contributed by atoms with Crippen molar-refractivity contribution in [3.63, 3.8) is 0 Å². The molecule has 1 fully saturated rings. The highest BCUT2D eigenvalue weighted by Gasteiger charge is 2.47. The first-order chi connectivity index (χ1) is 9.70. The molecule has 1 atom stereocenters. The van der Waals surface area contributed by atoms with E-state index in [0.29, 0.717) is 32.2 Å². The molecule has 0 aromatic rings. The smallest absolute Gasteiger partial charge is 0.248 e. The summed E-state index contributed by atoms with van der Waals surface area (Å²) in [5, 5.41) is 2.87. The van der Waals surface area contributed by atoms with E-state index in [2.05, 4.69) is 5.32 Å². The van der Waals surface area contributed by atoms with Crippen LogP contribution in [0.2, 0.25) is 0 Å². The Morgan fingerprint density at radius 3 is 2.19 bits per heavy atom. The van der Waals surface area contributed by atoms with E-state index in [-0.39, 0.29) is 17.6 Å². The van der Waals surface area contributed by atoms with Crippen LogP contribution in [0.4, 0.5) is 0 Å². The molecule has 0 radical (unpaired) electrons. The maximum Gasteiger partial charge on any atom is 0.248 e. The van der Waals surface area contributed by atoms with E-state index in [1.165, 1.54) is 6.26 Å². The molecule has 0 aromatic carbocycles. The molecule has 0 saturated carbocycles. The molecule has 21 heavy (non-hydrogen) atoms. The molecule has 1 N–H and O–H groups in total. The number of hydrogen-bond acceptors (Lipinski definition) is 4. The van der Waals surface area contributed by atoms with Crippen LogP contribution in [0.1, 0.15) is 46.5 Å². The fourth-order valence-electron chi connectivity index (χ4n) is 2.82. The molecular formula is C14H26N2O4S. The SMILES string of the molecule is CCC1C(=O)NC(CC)(CC)C(=O)N1CCCS(C)(=O)=O. The third kappa shape index (κ3) is 3.96. The monoisotopic (exact) mass is 318 g/mol. The average Bonchev–Trinajstić information content (AvgIpc) is 2.41. The lowest BCUT2D eigenvalue weighted by molar-refractivity contribution is -0.155. The average molecular weight is 318 g/mol. The van der Waals surface area contributed by atoms with Gasteiger partial charge in [-0.3, -0.25) is 9.59 Å². The third-order valence-electron chi connectivity index (χ3n) is 4.22. The Morgan fingerprint density at radius 1 is 1.19 bits per heavy atom. The Balaban J connectivity index is 2.94. The molecule has 0 bridgehead atoms. The van der Waals surface area contributed by atoms with E-state index in [0.717, 1.165) is 0 Å². The Morgan fingerprint density at radius 2 is 1.76 bits per heavy atom. The summed E-state index contributed by atoms with van der Waals surface area (Å²) >= 11 is 0. The van der Waals surface area contributed by atoms with E-state index in [4.69, 9.17) is 0 Å². The van der Waals surface area contributed by atoms with Crippen molar-refractivity contribution in [2.45, 2.75) is 58.0 Å². The van der Waals surface area contributed by atoms with E-state index in [1.807, 2.05) is 20.8 Å². The number of nitrogens with zero attached hydrogens (tertiary/aromatic N) is 1. The number of carbonyl (C=O) groups is 2. The van der Waals surface area contributed by atoms with Gasteiger partial charge in [0.2, 0.25) is 11.8 Å². The molecular weight excluding hydrogens is 292 g/mol. The summed E-state index contributed by atoms with van der Waals surface area (Å²) in [4.78, 5) is 26.6. The van der Waals surface area contributed by atoms with Crippen molar-refractivity contribution in [2.75, 3.05) is 18.6 Å². The van der Waals surface area contributed by atoms with Crippen molar-refractivity contribution < 1.29 is 18.0 Å². The van der Waals surface area contributed by atoms with Crippen LogP contribution in [0.25, 0.3) is 0 Å². The van der Waals surface area contributed by atoms with Gasteiger partial charge in [-0.15, -0.1) is 0 Å². The lowest BCUT2D eigenvalue weighted by Gasteiger charge is -2.45. The maximum absolute atomic E-state index is 12.7. The van der Waals surface area contributed by atoms with Gasteiger partial charge >= 0.3 is 0 Å². The quantitative estimate of drug-likeness (QED) is 0.749. The number of sulfone groups is 1. The summed E-state index contributed by atoms with van der Waals surface area (Å²) in [5.74, 6) is -0.201. The minimum absolute atomic E-state index is 0.0279. The molecule has 1 unspecified atom stereocenters. The first-order valence-electron chi connectivity index (χ1n) is 7.51. The van der Waals surface area contributed by atoms with Gasteiger partial charge in [-0.1, -0.05) is 20.8 Å². The van der Waals surface area contributed by atoms with Crippen molar-refractivity contribution in [1.29, 1.82) is 0 Å². The van der Waals surface area contributed by atoms with Crippen LogP contribution < -0.4 is 5.32 Å². The standard InChI is InChI=1S/C14H26N2O4S/c1-5-11-12(17)15-14(6-2,7-3)13(18)16(11)9-8-10-21(4,19)20/h11H,5-10H2,1-4H3,(H,15,17). The molecule has 7 heteroatoms. The molecule has 122 valence electrons. The molecule has 6 nitrogen and oxygen atoms in total. The van der Waals surface area contributed by atoms with Crippen molar-refractivity contribution in [2.24, 2.45) is 0 Å². The Hall–Kier alpha value is -1.11. The van der Waals surface area contributed by atoms with Gasteiger partial charge in [-0.2, -0.15) is 0 Å². The van der Waals surface area contributed by atoms with E-state index in [1.54, 1.807) is 4.90 Å². The van der Waals surface area contributed by atoms with Gasteiger partial charge in [0.25, 0.3) is 0 Å². The molecule has 1 rings (SSSR count). The van der Waals surface area contributed by atoms with Crippen LogP contribution in [0.5, 0.6) is 0 Å². The van der Waals surface area contributed by atoms with Crippen LogP contribution in [0.15, 0.2) is 0 Å². The lowest BCUT2D eigenvalue weighted by Crippen LogP contribution is -2.70. The van der Waals surface area contributed by atoms with Crippen LogP contribution in [0.3, 0.4) is 0 Å². The summed E-state index contributed by atoms with van der Waals surface area (Å²) < 4.78 is 22.5. The zero-order valence-electron chi connectivity index (χ0n) is 13.3. The lowest BCUT2D eigenvalue weighted by atomic mass is 9.86. The first kappa shape index (κ1) is 17.9. The van der Waals surface area contributed by atoms with Crippen molar-refractivity contribution >= 4 is 21.7 Å². The second-order valence-electron chi connectivity index (χ2n) is 5.68. The van der Waals surface area contributed by atoms with Gasteiger partial charge in [-0.25, -0.2) is 8.42 Å². The Bertz CT molecular complexity index is 497. The van der Waals surface area contributed by atoms with Crippen LogP contribution in [0, 0.1) is 0 Å². The highest BCUT2D eigenvalue weighted by molar-refractivity contribution is 7.90. The van der Waals surface area contributed by atoms with Crippen LogP contribution in [-0.4, -0.2) is 55.3 Å². The summed E-state index contributed by atoms with van der Waals surface area (Å²) in [6.07, 6.45) is 3.13. The zero-order chi connectivity index (χ0) is 16.3. The van der Waals surface area contributed by atoms with Gasteiger partial charge in [0.05, 0.1) is 5.75 Å². The Kier molecular flexibility index (Phi) is 5.78. The second kappa shape index (κ2) is 6.77. The maximum atomic E-state index is 12.7. The number of rotatable bonds is 7. The van der Waals surface area contributed by atoms with Crippen molar-refractivity contribution in [3.8, 4) is 0 Å². The van der Waals surface area contributed by atoms with E-state index < -0.39 is 21.4 Å². The normalized spacial score (nSPS) is 22.3. The minimum Gasteiger partial charge on any atom is -0.340 e. The number of hydrogen-bond donors (Lipinski definition) is 1. The predicted octanol–water partition coefficient (Wildman–Crippen LogP) is 0.717. The first-order valence-corrected chi connectivity index (χ1v) is 9.57. The summed E-state index contributed by atoms with van der Waals surface area (Å²) in [6, 6.07) is -0.497. The van der Waals surface area contributed by atoms with Gasteiger partial charge in [0.15, 0.2) is 0 Å². The van der Waals surface area contributed by atoms with Crippen molar-refractivity contribution in [3.05, 3.63) is 0 Å². The highest BCUT2D eigenvalue weighted by Crippen LogP contribution is 2.26. The number of carbonyl (C=O) groups excluding carboxylic acids is 2. The fourth-order valence-corrected chi connectivity index (χ4v) is 3.47. The molecule has 1 heterocycles. The number of amides is 2. The molecule has 0 spiro atoms. The predicted molar refractivity (Wildman–Crippen MR) is 81.6 cm³/mol. The fraction of sp³-hybridized carbons (Fsp3) is 0.857. The van der Waals surface area contributed by atoms with Gasteiger partial charge in [-0.05, 0) is 25.7 Å². The van der Waals surface area contributed by atoms with Crippen molar-refractivity contribution in [1.82, 2.24) is 10.2 Å². The number of nitrogens with one attached hydrogen (secondary N) is 1. The Labute approximate surface area is 127 Å². The van der Waals surface area contributed by atoms with Crippen LogP contribution in [-0.2, 0) is 19.4 Å². The summed E-state index contributed by atoms with van der Waals surface area (Å²) in [7, 11) is -3.06. The molecule has 0 aromatic heterocycles. The molecule has 1 aliphatic heterocycles. The highest BCUT2D eigenvalue weighted by atomic mass is 32.2. The zero-order valence-corrected chi connectivity index (χ0v) is 14.1. The molecule has 0 aliphatic carbocycles. The summed E-state index contributed by atoms with van der Waals surface area (Å²) in [6.45, 7) is 5.91. The molecule has 2 amide bonds. The molecule has 1 saturated heterocycles. The summed E-state index contributed by atoms with van der Waals surface area (Å²) in [5.41, 5.74) is -0.839. The number of piperazine rings is 1. The van der Waals surface area contributed by atoms with E-state index in [9.17, 15) is 18.0 Å². The minimum atomic E-state index is -3.06. The van der Waals surface area contributed by atoms with Gasteiger partial charge in [0, 0.05) is 12.8 Å².